The Morgan fingerprint density at radius 2 is 1.59 bits per heavy atom. The molecule has 0 aliphatic carbocycles. The molecular formula is C48H53Cl2N7O6S. The second kappa shape index (κ2) is 18.2. The Morgan fingerprint density at radius 1 is 0.906 bits per heavy atom. The van der Waals surface area contributed by atoms with Crippen LogP contribution in [-0.2, 0) is 24.7 Å². The molecule has 13 nitrogen and oxygen atoms in total. The summed E-state index contributed by atoms with van der Waals surface area (Å²) in [5, 5.41) is 27.3. The fourth-order valence-electron chi connectivity index (χ4n) is 7.79. The van der Waals surface area contributed by atoms with Gasteiger partial charge in [0, 0.05) is 55.8 Å². The Morgan fingerprint density at radius 3 is 2.28 bits per heavy atom. The molecule has 1 atom stereocenters. The van der Waals surface area contributed by atoms with Gasteiger partial charge in [-0.2, -0.15) is 0 Å². The fraction of sp³-hybridized carbons (Fsp3) is 0.375. The maximum absolute atomic E-state index is 13.8. The summed E-state index contributed by atoms with van der Waals surface area (Å²) in [6.07, 6.45) is 1.95. The Kier molecular flexibility index (Phi) is 13.3. The van der Waals surface area contributed by atoms with Gasteiger partial charge in [0.05, 0.1) is 41.5 Å². The largest absolute Gasteiger partial charge is 0.478 e. The van der Waals surface area contributed by atoms with E-state index in [9.17, 15) is 19.5 Å². The number of rotatable bonds is 16. The summed E-state index contributed by atoms with van der Waals surface area (Å²) < 4.78 is 14.4. The number of nitrogens with zero attached hydrogens (tertiary/aromatic N) is 4. The first-order valence-corrected chi connectivity index (χ1v) is 22.6. The van der Waals surface area contributed by atoms with Crippen molar-refractivity contribution >= 4 is 68.9 Å². The number of thiophene rings is 1. The van der Waals surface area contributed by atoms with Crippen LogP contribution in [0.2, 0.25) is 10.0 Å². The molecular weight excluding hydrogens is 874 g/mol. The zero-order chi connectivity index (χ0) is 46.3. The average Bonchev–Trinajstić information content (AvgIpc) is 3.88. The molecule has 1 aliphatic rings. The SMILES string of the molecule is Cc1sc2c(c1C)C(c1ccc(Cl)cc1)=N[C@@H](CC(=O)NC(C)(C)CCOC(C)(C)C(=O)NCCOC(C)(C)c1ccc(-c3cc4c(C(=O)O)c[nH]c4cc3Cl)cc1)c1nnc(C)n1-2. The number of carbonyl (C=O) groups is 3. The highest BCUT2D eigenvalue weighted by molar-refractivity contribution is 7.15. The lowest BCUT2D eigenvalue weighted by atomic mass is 9.94. The molecule has 4 heterocycles. The van der Waals surface area contributed by atoms with Crippen molar-refractivity contribution in [3.8, 4) is 16.1 Å². The summed E-state index contributed by atoms with van der Waals surface area (Å²) >= 11 is 14.5. The molecule has 0 saturated heterocycles. The number of halogens is 2. The van der Waals surface area contributed by atoms with E-state index in [0.29, 0.717) is 39.0 Å². The Hall–Kier alpha value is -5.38. The molecule has 0 radical (unpaired) electrons. The highest BCUT2D eigenvalue weighted by atomic mass is 35.5. The molecule has 0 spiro atoms. The first kappa shape index (κ1) is 46.6. The number of carbonyl (C=O) groups excluding carboxylic acids is 2. The van der Waals surface area contributed by atoms with Crippen molar-refractivity contribution in [1.29, 1.82) is 0 Å². The van der Waals surface area contributed by atoms with Crippen molar-refractivity contribution < 1.29 is 29.0 Å². The predicted molar refractivity (Wildman–Crippen MR) is 252 cm³/mol. The molecule has 6 aromatic rings. The monoisotopic (exact) mass is 925 g/mol. The predicted octanol–water partition coefficient (Wildman–Crippen LogP) is 9.84. The maximum Gasteiger partial charge on any atom is 0.337 e. The number of carboxylic acids is 1. The summed E-state index contributed by atoms with van der Waals surface area (Å²) in [6, 6.07) is 18.2. The van der Waals surface area contributed by atoms with E-state index in [2.05, 4.69) is 39.7 Å². The van der Waals surface area contributed by atoms with Crippen molar-refractivity contribution in [3.05, 3.63) is 121 Å². The first-order chi connectivity index (χ1) is 30.2. The van der Waals surface area contributed by atoms with E-state index in [-0.39, 0.29) is 43.6 Å². The van der Waals surface area contributed by atoms with Crippen LogP contribution in [0, 0.1) is 20.8 Å². The molecule has 3 aromatic heterocycles. The summed E-state index contributed by atoms with van der Waals surface area (Å²) in [7, 11) is 0. The third kappa shape index (κ3) is 9.81. The molecule has 0 fully saturated rings. The Labute approximate surface area is 386 Å². The number of H-pyrrole nitrogens is 1. The number of aliphatic imine (C=N–C) groups is 1. The van der Waals surface area contributed by atoms with Crippen LogP contribution in [-0.4, -0.2) is 79.2 Å². The van der Waals surface area contributed by atoms with Gasteiger partial charge in [-0.25, -0.2) is 4.79 Å². The van der Waals surface area contributed by atoms with E-state index < -0.39 is 28.8 Å². The van der Waals surface area contributed by atoms with E-state index in [1.807, 2.05) is 87.7 Å². The molecule has 336 valence electrons. The standard InChI is InChI=1S/C48H53Cl2N7O6S/c1-26-27(2)64-43-40(26)41(30-12-16-32(49)17-13-30)53-38(42-56-55-28(3)57(42)43)24-39(58)54-46(4,5)18-20-62-48(8,9)45(61)51-19-21-63-47(6,7)31-14-10-29(11-15-31)33-22-34-35(44(59)60)25-52-37(34)23-36(33)50/h10-17,22-23,25,38,52H,18-21,24H2,1-9H3,(H,51,61)(H,54,58)(H,59,60)/t38-/m0/s1. The number of hydrogen-bond donors (Lipinski definition) is 4. The second-order valence-electron chi connectivity index (χ2n) is 17.7. The molecule has 3 aromatic carbocycles. The average molecular weight is 927 g/mol. The van der Waals surface area contributed by atoms with Gasteiger partial charge in [0.2, 0.25) is 5.91 Å². The highest BCUT2D eigenvalue weighted by Crippen LogP contribution is 2.40. The van der Waals surface area contributed by atoms with Crippen LogP contribution in [0.1, 0.15) is 110 Å². The molecule has 7 rings (SSSR count). The number of aromatic amines is 1. The molecule has 0 saturated carbocycles. The number of benzene rings is 3. The van der Waals surface area contributed by atoms with Gasteiger partial charge in [0.15, 0.2) is 5.82 Å². The minimum atomic E-state index is -1.15. The molecule has 2 amide bonds. The second-order valence-corrected chi connectivity index (χ2v) is 19.8. The van der Waals surface area contributed by atoms with Crippen LogP contribution in [0.4, 0.5) is 0 Å². The van der Waals surface area contributed by atoms with E-state index >= 15 is 0 Å². The fourth-order valence-corrected chi connectivity index (χ4v) is 9.40. The number of ether oxygens (including phenoxy) is 2. The molecule has 4 N–H and O–H groups in total. The van der Waals surface area contributed by atoms with Gasteiger partial charge in [0.25, 0.3) is 5.91 Å². The van der Waals surface area contributed by atoms with E-state index in [4.69, 9.17) is 37.7 Å². The lowest BCUT2D eigenvalue weighted by molar-refractivity contribution is -0.144. The van der Waals surface area contributed by atoms with Gasteiger partial charge in [-0.1, -0.05) is 59.6 Å². The number of carboxylic acid groups (broad SMARTS) is 1. The number of aromatic carboxylic acids is 1. The number of hydrogen-bond acceptors (Lipinski definition) is 9. The van der Waals surface area contributed by atoms with E-state index in [1.54, 1.807) is 37.3 Å². The van der Waals surface area contributed by atoms with Crippen molar-refractivity contribution in [2.75, 3.05) is 19.8 Å². The number of nitrogens with one attached hydrogen (secondary N) is 3. The molecule has 64 heavy (non-hydrogen) atoms. The van der Waals surface area contributed by atoms with Crippen molar-refractivity contribution in [3.63, 3.8) is 0 Å². The lowest BCUT2D eigenvalue weighted by Crippen LogP contribution is -2.48. The van der Waals surface area contributed by atoms with E-state index in [1.165, 1.54) is 6.20 Å². The van der Waals surface area contributed by atoms with Crippen molar-refractivity contribution in [2.45, 2.75) is 97.9 Å². The zero-order valence-corrected chi connectivity index (χ0v) is 39.7. The van der Waals surface area contributed by atoms with Gasteiger partial charge < -0.3 is 30.2 Å². The van der Waals surface area contributed by atoms with Gasteiger partial charge >= 0.3 is 5.97 Å². The Bertz CT molecular complexity index is 2770. The third-order valence-corrected chi connectivity index (χ3v) is 13.4. The smallest absolute Gasteiger partial charge is 0.337 e. The number of aromatic nitrogens is 4. The van der Waals surface area contributed by atoms with Gasteiger partial charge in [-0.15, -0.1) is 21.5 Å². The molecule has 0 unspecified atom stereocenters. The molecule has 1 aliphatic heterocycles. The quantitative estimate of drug-likeness (QED) is 0.0695. The van der Waals surface area contributed by atoms with Gasteiger partial charge in [-0.05, 0) is 110 Å². The minimum absolute atomic E-state index is 0.0432. The number of fused-ring (bicyclic) bond motifs is 4. The summed E-state index contributed by atoms with van der Waals surface area (Å²) in [6.45, 7) is 18.0. The van der Waals surface area contributed by atoms with Crippen LogP contribution in [0.3, 0.4) is 0 Å². The third-order valence-electron chi connectivity index (χ3n) is 11.7. The Balaban J connectivity index is 0.909. The molecule has 16 heteroatoms. The van der Waals surface area contributed by atoms with E-state index in [0.717, 1.165) is 49.0 Å². The normalized spacial score (nSPS) is 14.2. The van der Waals surface area contributed by atoms with Crippen molar-refractivity contribution in [2.24, 2.45) is 4.99 Å². The summed E-state index contributed by atoms with van der Waals surface area (Å²) in [5.41, 5.74) is 4.58. The topological polar surface area (TPSA) is 173 Å². The van der Waals surface area contributed by atoms with Crippen LogP contribution in [0.15, 0.2) is 71.9 Å². The van der Waals surface area contributed by atoms with Crippen LogP contribution in [0.25, 0.3) is 27.0 Å². The highest BCUT2D eigenvalue weighted by Gasteiger charge is 2.34. The minimum Gasteiger partial charge on any atom is -0.478 e. The van der Waals surface area contributed by atoms with Crippen LogP contribution < -0.4 is 10.6 Å². The maximum atomic E-state index is 13.8. The summed E-state index contributed by atoms with van der Waals surface area (Å²) in [4.78, 5) is 48.1. The zero-order valence-electron chi connectivity index (χ0n) is 37.4. The van der Waals surface area contributed by atoms with Crippen LogP contribution in [0.5, 0.6) is 0 Å². The lowest BCUT2D eigenvalue weighted by Gasteiger charge is -2.30. The van der Waals surface area contributed by atoms with Crippen LogP contribution >= 0.6 is 34.5 Å². The van der Waals surface area contributed by atoms with Gasteiger partial charge in [0.1, 0.15) is 22.5 Å². The van der Waals surface area contributed by atoms with Gasteiger partial charge in [-0.3, -0.25) is 19.1 Å². The number of aryl methyl sites for hydroxylation is 2. The summed E-state index contributed by atoms with van der Waals surface area (Å²) in [5.74, 6) is -0.191. The van der Waals surface area contributed by atoms with Crippen molar-refractivity contribution in [1.82, 2.24) is 30.4 Å². The first-order valence-electron chi connectivity index (χ1n) is 21.0. The number of amides is 2. The molecule has 0 bridgehead atoms.